The number of carbonyl (C=O) groups excluding carboxylic acids is 3. The number of rotatable bonds is 7. The van der Waals surface area contributed by atoms with E-state index < -0.39 is 18.0 Å². The maximum Gasteiger partial charge on any atom is 0.323 e. The molecule has 0 saturated heterocycles. The Morgan fingerprint density at radius 2 is 1.63 bits per heavy atom. The van der Waals surface area contributed by atoms with Crippen molar-refractivity contribution in [3.05, 3.63) is 78.4 Å². The van der Waals surface area contributed by atoms with Gasteiger partial charge in [0.2, 0.25) is 11.8 Å². The molecule has 3 aromatic rings. The van der Waals surface area contributed by atoms with Gasteiger partial charge in [-0.1, -0.05) is 42.5 Å². The van der Waals surface area contributed by atoms with Gasteiger partial charge >= 0.3 is 6.03 Å². The van der Waals surface area contributed by atoms with Crippen LogP contribution >= 0.6 is 0 Å². The van der Waals surface area contributed by atoms with Crippen LogP contribution < -0.4 is 30.3 Å². The smallest absolute Gasteiger partial charge is 0.323 e. The maximum absolute atomic E-state index is 13.3. The fraction of sp³-hybridized carbons (Fsp3) is 0.192. The van der Waals surface area contributed by atoms with Gasteiger partial charge in [-0.25, -0.2) is 4.79 Å². The van der Waals surface area contributed by atoms with E-state index in [0.29, 0.717) is 28.6 Å². The van der Waals surface area contributed by atoms with Crippen molar-refractivity contribution in [1.29, 1.82) is 0 Å². The van der Waals surface area contributed by atoms with Crippen molar-refractivity contribution in [2.75, 3.05) is 36.3 Å². The highest BCUT2D eigenvalue weighted by Crippen LogP contribution is 2.29. The molecule has 1 heterocycles. The number of methoxy groups -OCH3 is 2. The van der Waals surface area contributed by atoms with Gasteiger partial charge in [0.15, 0.2) is 0 Å². The number of urea groups is 1. The van der Waals surface area contributed by atoms with E-state index >= 15 is 0 Å². The number of para-hydroxylation sites is 2. The number of carbonyl (C=O) groups is 3. The van der Waals surface area contributed by atoms with Crippen LogP contribution in [0.1, 0.15) is 5.56 Å². The second-order valence-corrected chi connectivity index (χ2v) is 7.93. The molecular formula is C26H26N4O5. The van der Waals surface area contributed by atoms with Crippen molar-refractivity contribution < 1.29 is 23.9 Å². The first-order valence-electron chi connectivity index (χ1n) is 11.0. The Balaban J connectivity index is 1.58. The van der Waals surface area contributed by atoms with E-state index in [4.69, 9.17) is 9.47 Å². The van der Waals surface area contributed by atoms with Gasteiger partial charge in [0.1, 0.15) is 24.1 Å². The third-order valence-electron chi connectivity index (χ3n) is 5.53. The minimum Gasteiger partial charge on any atom is -0.497 e. The molecule has 1 unspecified atom stereocenters. The second kappa shape index (κ2) is 10.6. The highest BCUT2D eigenvalue weighted by atomic mass is 16.5. The number of fused-ring (bicyclic) bond motifs is 1. The molecule has 0 bridgehead atoms. The minimum atomic E-state index is -0.917. The summed E-state index contributed by atoms with van der Waals surface area (Å²) < 4.78 is 10.6. The summed E-state index contributed by atoms with van der Waals surface area (Å²) in [5.74, 6) is 0.289. The maximum atomic E-state index is 13.3. The summed E-state index contributed by atoms with van der Waals surface area (Å²) >= 11 is 0. The van der Waals surface area contributed by atoms with Crippen molar-refractivity contribution in [2.45, 2.75) is 12.5 Å². The van der Waals surface area contributed by atoms with E-state index in [-0.39, 0.29) is 18.9 Å². The van der Waals surface area contributed by atoms with Crippen LogP contribution in [0.15, 0.2) is 72.8 Å². The molecule has 1 aliphatic heterocycles. The molecule has 1 aliphatic rings. The van der Waals surface area contributed by atoms with Gasteiger partial charge in [-0.2, -0.15) is 0 Å². The summed E-state index contributed by atoms with van der Waals surface area (Å²) in [5, 5.41) is 8.39. The number of hydrogen-bond donors (Lipinski definition) is 3. The van der Waals surface area contributed by atoms with Crippen molar-refractivity contribution in [1.82, 2.24) is 5.32 Å². The molecule has 9 heteroatoms. The predicted molar refractivity (Wildman–Crippen MR) is 133 cm³/mol. The molecule has 0 spiro atoms. The highest BCUT2D eigenvalue weighted by molar-refractivity contribution is 6.10. The van der Waals surface area contributed by atoms with E-state index in [0.717, 1.165) is 5.56 Å². The lowest BCUT2D eigenvalue weighted by Crippen LogP contribution is -2.53. The largest absolute Gasteiger partial charge is 0.497 e. The van der Waals surface area contributed by atoms with Gasteiger partial charge in [-0.3, -0.25) is 14.5 Å². The standard InChI is InChI=1S/C26H26N4O5/c1-34-19-13-18(14-20(15-19)35-2)27-25(32)22(12-17-8-4-3-5-9-17)29-26(33)30-16-24(31)28-21-10-6-7-11-23(21)30/h3-11,13-15,22H,12,16H2,1-2H3,(H,27,32)(H,28,31)(H,29,33). The Morgan fingerprint density at radius 3 is 2.31 bits per heavy atom. The average molecular weight is 475 g/mol. The summed E-state index contributed by atoms with van der Waals surface area (Å²) in [6.45, 7) is -0.157. The summed E-state index contributed by atoms with van der Waals surface area (Å²) in [7, 11) is 3.04. The molecule has 180 valence electrons. The van der Waals surface area contributed by atoms with Crippen molar-refractivity contribution in [3.63, 3.8) is 0 Å². The lowest BCUT2D eigenvalue weighted by molar-refractivity contribution is -0.118. The monoisotopic (exact) mass is 474 g/mol. The van der Waals surface area contributed by atoms with Gasteiger partial charge in [0.25, 0.3) is 0 Å². The fourth-order valence-electron chi connectivity index (χ4n) is 3.81. The van der Waals surface area contributed by atoms with Gasteiger partial charge in [0.05, 0.1) is 25.6 Å². The molecule has 0 fully saturated rings. The van der Waals surface area contributed by atoms with E-state index in [1.54, 1.807) is 42.5 Å². The molecule has 0 aliphatic carbocycles. The predicted octanol–water partition coefficient (Wildman–Crippen LogP) is 3.42. The topological polar surface area (TPSA) is 109 Å². The first-order valence-corrected chi connectivity index (χ1v) is 11.0. The molecule has 9 nitrogen and oxygen atoms in total. The molecule has 0 aromatic heterocycles. The summed E-state index contributed by atoms with van der Waals surface area (Å²) in [6, 6.07) is 19.9. The normalized spacial score (nSPS) is 13.2. The van der Waals surface area contributed by atoms with Crippen LogP contribution in [-0.2, 0) is 16.0 Å². The zero-order chi connectivity index (χ0) is 24.8. The SMILES string of the molecule is COc1cc(NC(=O)C(Cc2ccccc2)NC(=O)N2CC(=O)Nc3ccccc32)cc(OC)c1. The molecule has 0 radical (unpaired) electrons. The zero-order valence-corrected chi connectivity index (χ0v) is 19.4. The van der Waals surface area contributed by atoms with Gasteiger partial charge in [0, 0.05) is 30.3 Å². The number of amides is 4. The fourth-order valence-corrected chi connectivity index (χ4v) is 3.81. The van der Waals surface area contributed by atoms with Crippen molar-refractivity contribution >= 4 is 34.9 Å². The van der Waals surface area contributed by atoms with Crippen molar-refractivity contribution in [2.24, 2.45) is 0 Å². The number of nitrogens with zero attached hydrogens (tertiary/aromatic N) is 1. The summed E-state index contributed by atoms with van der Waals surface area (Å²) in [5.41, 5.74) is 2.42. The lowest BCUT2D eigenvalue weighted by atomic mass is 10.1. The quantitative estimate of drug-likeness (QED) is 0.486. The van der Waals surface area contributed by atoms with E-state index in [1.807, 2.05) is 30.3 Å². The Kier molecular flexibility index (Phi) is 7.15. The average Bonchev–Trinajstić information content (AvgIpc) is 2.88. The second-order valence-electron chi connectivity index (χ2n) is 7.93. The first kappa shape index (κ1) is 23.6. The third kappa shape index (κ3) is 5.70. The van der Waals surface area contributed by atoms with Crippen LogP contribution in [0, 0.1) is 0 Å². The Hall–Kier alpha value is -4.53. The number of ether oxygens (including phenoxy) is 2. The van der Waals surface area contributed by atoms with Gasteiger partial charge < -0.3 is 25.4 Å². The van der Waals surface area contributed by atoms with E-state index in [2.05, 4.69) is 16.0 Å². The van der Waals surface area contributed by atoms with Crippen molar-refractivity contribution in [3.8, 4) is 11.5 Å². The molecule has 3 N–H and O–H groups in total. The van der Waals surface area contributed by atoms with Crippen LogP contribution in [0.5, 0.6) is 11.5 Å². The van der Waals surface area contributed by atoms with Crippen LogP contribution in [0.2, 0.25) is 0 Å². The summed E-state index contributed by atoms with van der Waals surface area (Å²) in [4.78, 5) is 40.1. The molecule has 3 aromatic carbocycles. The highest BCUT2D eigenvalue weighted by Gasteiger charge is 2.30. The molecule has 4 rings (SSSR count). The Morgan fingerprint density at radius 1 is 0.971 bits per heavy atom. The molecule has 4 amide bonds. The van der Waals surface area contributed by atoms with Gasteiger partial charge in [-0.05, 0) is 17.7 Å². The number of nitrogens with one attached hydrogen (secondary N) is 3. The Bertz CT molecular complexity index is 1210. The summed E-state index contributed by atoms with van der Waals surface area (Å²) in [6.07, 6.45) is 0.251. The number of benzene rings is 3. The molecular weight excluding hydrogens is 448 g/mol. The third-order valence-corrected chi connectivity index (χ3v) is 5.53. The first-order chi connectivity index (χ1) is 17.0. The van der Waals surface area contributed by atoms with E-state index in [9.17, 15) is 14.4 Å². The molecule has 35 heavy (non-hydrogen) atoms. The van der Waals surface area contributed by atoms with Gasteiger partial charge in [-0.15, -0.1) is 0 Å². The Labute approximate surface area is 203 Å². The van der Waals surface area contributed by atoms with E-state index in [1.165, 1.54) is 19.1 Å². The minimum absolute atomic E-state index is 0.157. The molecule has 0 saturated carbocycles. The lowest BCUT2D eigenvalue weighted by Gasteiger charge is -2.30. The van der Waals surface area contributed by atoms with Crippen LogP contribution in [0.25, 0.3) is 0 Å². The number of anilines is 3. The van der Waals surface area contributed by atoms with Crippen LogP contribution in [-0.4, -0.2) is 44.7 Å². The zero-order valence-electron chi connectivity index (χ0n) is 19.4. The molecule has 1 atom stereocenters. The number of hydrogen-bond acceptors (Lipinski definition) is 5. The van der Waals surface area contributed by atoms with Crippen LogP contribution in [0.4, 0.5) is 21.9 Å². The van der Waals surface area contributed by atoms with Crippen LogP contribution in [0.3, 0.4) is 0 Å².